The van der Waals surface area contributed by atoms with Gasteiger partial charge in [0.1, 0.15) is 5.56 Å². The predicted molar refractivity (Wildman–Crippen MR) is 310 cm³/mol. The van der Waals surface area contributed by atoms with Crippen molar-refractivity contribution in [3.05, 3.63) is 238 Å². The van der Waals surface area contributed by atoms with Gasteiger partial charge < -0.3 is 9.13 Å². The molecule has 0 aliphatic carbocycles. The SMILES string of the molecule is N#Cc1cc(C#N)cc(-c2ccc3c(c2)c2cc(-c4cc(C#N)cc(C#N)c4)ccc2n3-c2cc(-c3cccc(C(F)(F)F)c3)cc(-n3c4ccc(-c5cc(C#N)cc(C#N)c5)cc4c4cc(-c5cc(C#N)cc(C#N)c5)ccc43)c2C(F)(F)F)c1. The van der Waals surface area contributed by atoms with Gasteiger partial charge in [-0.25, -0.2) is 0 Å². The zero-order valence-corrected chi connectivity index (χ0v) is 44.1. The van der Waals surface area contributed by atoms with E-state index < -0.39 is 34.9 Å². The zero-order valence-electron chi connectivity index (χ0n) is 44.1. The molecule has 86 heavy (non-hydrogen) atoms. The fourth-order valence-electron chi connectivity index (χ4n) is 11.3. The monoisotopic (exact) mass is 1120 g/mol. The Bertz CT molecular complexity index is 4640. The van der Waals surface area contributed by atoms with Crippen molar-refractivity contribution in [3.8, 4) is 116 Å². The standard InChI is InChI=1S/C70H30F6N10/c71-69(72,73)57-3-1-2-47(24-57)56-29-66(85-62-8-4-48(52-16-39(31-77)12-40(17-52)32-78)25-58(62)59-26-49(5-9-63(59)85)53-18-41(33-79)13-42(19-53)34-80)68(70(74,75)76)67(30-56)86-64-10-6-50(54-20-43(35-81)14-44(21-54)36-82)27-60(64)61-28-51(7-11-65(61)86)55-22-45(37-83)15-46(23-55)38-84/h1-30H. The van der Waals surface area contributed by atoms with Crippen LogP contribution in [-0.2, 0) is 12.4 Å². The molecule has 0 aliphatic heterocycles. The Balaban J connectivity index is 1.23. The van der Waals surface area contributed by atoms with Gasteiger partial charge in [-0.1, -0.05) is 36.4 Å². The van der Waals surface area contributed by atoms with Gasteiger partial charge in [0.25, 0.3) is 0 Å². The third kappa shape index (κ3) is 9.43. The smallest absolute Gasteiger partial charge is 0.309 e. The Morgan fingerprint density at radius 3 is 0.756 bits per heavy atom. The van der Waals surface area contributed by atoms with E-state index in [0.29, 0.717) is 66.1 Å². The highest BCUT2D eigenvalue weighted by Crippen LogP contribution is 2.48. The summed E-state index contributed by atoms with van der Waals surface area (Å²) in [7, 11) is 0. The highest BCUT2D eigenvalue weighted by molar-refractivity contribution is 6.14. The molecule has 0 unspecified atom stereocenters. The molecule has 10 aromatic carbocycles. The first-order valence-electron chi connectivity index (χ1n) is 25.9. The molecule has 0 aliphatic rings. The molecule has 2 heterocycles. The number of hydrogen-bond acceptors (Lipinski definition) is 8. The highest BCUT2D eigenvalue weighted by atomic mass is 19.4. The van der Waals surface area contributed by atoms with Crippen LogP contribution in [0.15, 0.2) is 182 Å². The minimum Gasteiger partial charge on any atom is -0.309 e. The molecule has 0 bridgehead atoms. The van der Waals surface area contributed by atoms with Gasteiger partial charge in [0, 0.05) is 21.5 Å². The Labute approximate surface area is 484 Å². The van der Waals surface area contributed by atoms with Crippen LogP contribution in [0.2, 0.25) is 0 Å². The maximum absolute atomic E-state index is 17.2. The molecule has 0 saturated carbocycles. The van der Waals surface area contributed by atoms with Crippen molar-refractivity contribution >= 4 is 43.6 Å². The second-order valence-corrected chi connectivity index (χ2v) is 20.2. The summed E-state index contributed by atoms with van der Waals surface area (Å²) < 4.78 is 98.3. The second kappa shape index (κ2) is 20.7. The summed E-state index contributed by atoms with van der Waals surface area (Å²) in [6, 6.07) is 60.9. The van der Waals surface area contributed by atoms with Gasteiger partial charge >= 0.3 is 12.4 Å². The van der Waals surface area contributed by atoms with Crippen LogP contribution in [0, 0.1) is 90.6 Å². The minimum absolute atomic E-state index is 0.0509. The molecule has 12 rings (SSSR count). The summed E-state index contributed by atoms with van der Waals surface area (Å²) in [5, 5.41) is 81.0. The van der Waals surface area contributed by atoms with Crippen molar-refractivity contribution in [2.75, 3.05) is 0 Å². The average molecular weight is 1130 g/mol. The van der Waals surface area contributed by atoms with Crippen LogP contribution in [-0.4, -0.2) is 9.13 Å². The van der Waals surface area contributed by atoms with E-state index in [-0.39, 0.29) is 77.7 Å². The van der Waals surface area contributed by atoms with Crippen LogP contribution >= 0.6 is 0 Å². The second-order valence-electron chi connectivity index (χ2n) is 20.2. The molecule has 12 aromatic rings. The van der Waals surface area contributed by atoms with E-state index in [1.54, 1.807) is 121 Å². The zero-order chi connectivity index (χ0) is 60.3. The Hall–Kier alpha value is -12.7. The lowest BCUT2D eigenvalue weighted by Gasteiger charge is -2.23. The normalized spacial score (nSPS) is 11.3. The van der Waals surface area contributed by atoms with Crippen LogP contribution in [0.5, 0.6) is 0 Å². The van der Waals surface area contributed by atoms with E-state index >= 15 is 13.2 Å². The molecule has 10 nitrogen and oxygen atoms in total. The quantitative estimate of drug-likeness (QED) is 0.140. The number of hydrogen-bond donors (Lipinski definition) is 0. The van der Waals surface area contributed by atoms with Crippen LogP contribution in [0.25, 0.3) is 111 Å². The van der Waals surface area contributed by atoms with E-state index in [2.05, 4.69) is 48.6 Å². The van der Waals surface area contributed by atoms with Gasteiger partial charge in [-0.15, -0.1) is 0 Å². The van der Waals surface area contributed by atoms with Crippen molar-refractivity contribution in [1.82, 2.24) is 9.13 Å². The van der Waals surface area contributed by atoms with Gasteiger partial charge in [0.05, 0.1) is 132 Å². The highest BCUT2D eigenvalue weighted by Gasteiger charge is 2.40. The molecular weight excluding hydrogens is 1090 g/mol. The molecule has 0 radical (unpaired) electrons. The third-order valence-electron chi connectivity index (χ3n) is 15.0. The molecule has 0 atom stereocenters. The molecular formula is C70H30F6N10. The number of nitrogens with zero attached hydrogens (tertiary/aromatic N) is 10. The van der Waals surface area contributed by atoms with Crippen LogP contribution < -0.4 is 0 Å². The van der Waals surface area contributed by atoms with E-state index in [1.165, 1.54) is 57.7 Å². The number of rotatable bonds is 7. The first-order valence-corrected chi connectivity index (χ1v) is 25.9. The molecule has 0 saturated heterocycles. The van der Waals surface area contributed by atoms with Crippen molar-refractivity contribution in [2.45, 2.75) is 12.4 Å². The molecule has 16 heteroatoms. The lowest BCUT2D eigenvalue weighted by atomic mass is 9.97. The molecule has 402 valence electrons. The molecule has 2 aromatic heterocycles. The molecule has 0 fully saturated rings. The Morgan fingerprint density at radius 2 is 0.512 bits per heavy atom. The van der Waals surface area contributed by atoms with Gasteiger partial charge in [-0.2, -0.15) is 68.4 Å². The maximum atomic E-state index is 17.2. The third-order valence-corrected chi connectivity index (χ3v) is 15.0. The molecule has 0 spiro atoms. The van der Waals surface area contributed by atoms with Gasteiger partial charge in [0.15, 0.2) is 0 Å². The summed E-state index contributed by atoms with van der Waals surface area (Å²) >= 11 is 0. The van der Waals surface area contributed by atoms with Crippen molar-refractivity contribution in [3.63, 3.8) is 0 Å². The van der Waals surface area contributed by atoms with Crippen LogP contribution in [0.1, 0.15) is 55.6 Å². The largest absolute Gasteiger partial charge is 0.420 e. The number of fused-ring (bicyclic) bond motifs is 6. The first kappa shape index (κ1) is 53.9. The van der Waals surface area contributed by atoms with E-state index in [4.69, 9.17) is 0 Å². The number of nitriles is 8. The molecule has 0 N–H and O–H groups in total. The maximum Gasteiger partial charge on any atom is 0.420 e. The van der Waals surface area contributed by atoms with Crippen molar-refractivity contribution < 1.29 is 26.3 Å². The fourth-order valence-corrected chi connectivity index (χ4v) is 11.3. The Morgan fingerprint density at radius 1 is 0.256 bits per heavy atom. The summed E-state index contributed by atoms with van der Waals surface area (Å²) in [5.41, 5.74) is 2.37. The van der Waals surface area contributed by atoms with Gasteiger partial charge in [-0.3, -0.25) is 0 Å². The summed E-state index contributed by atoms with van der Waals surface area (Å²) in [6.45, 7) is 0. The van der Waals surface area contributed by atoms with Gasteiger partial charge in [0.2, 0.25) is 0 Å². The number of alkyl halides is 6. The predicted octanol–water partition coefficient (Wildman–Crippen LogP) is 17.2. The lowest BCUT2D eigenvalue weighted by molar-refractivity contribution is -0.138. The van der Waals surface area contributed by atoms with E-state index in [0.717, 1.165) is 12.1 Å². The van der Waals surface area contributed by atoms with Crippen LogP contribution in [0.3, 0.4) is 0 Å². The average Bonchev–Trinajstić information content (AvgIpc) is 1.85. The van der Waals surface area contributed by atoms with Crippen molar-refractivity contribution in [1.29, 1.82) is 42.1 Å². The van der Waals surface area contributed by atoms with E-state index in [1.807, 2.05) is 0 Å². The Kier molecular flexibility index (Phi) is 13.0. The van der Waals surface area contributed by atoms with Gasteiger partial charge in [-0.05, 0) is 201 Å². The lowest BCUT2D eigenvalue weighted by Crippen LogP contribution is -2.16. The number of benzene rings is 10. The van der Waals surface area contributed by atoms with E-state index in [9.17, 15) is 55.3 Å². The number of aromatic nitrogens is 2. The minimum atomic E-state index is -5.25. The van der Waals surface area contributed by atoms with Crippen molar-refractivity contribution in [2.24, 2.45) is 0 Å². The topological polar surface area (TPSA) is 200 Å². The molecule has 0 amide bonds. The van der Waals surface area contributed by atoms with Crippen LogP contribution in [0.4, 0.5) is 26.3 Å². The summed E-state index contributed by atoms with van der Waals surface area (Å²) in [6.07, 6.45) is -10.1. The fraction of sp³-hybridized carbons (Fsp3) is 0.0286. The summed E-state index contributed by atoms with van der Waals surface area (Å²) in [4.78, 5) is 0. The first-order chi connectivity index (χ1) is 41.4. The summed E-state index contributed by atoms with van der Waals surface area (Å²) in [5.74, 6) is 0. The number of halogens is 6.